The Morgan fingerprint density at radius 3 is 2.30 bits per heavy atom. The molecule has 5 heteroatoms. The lowest BCUT2D eigenvalue weighted by molar-refractivity contribution is 0.0708. The number of benzene rings is 1. The van der Waals surface area contributed by atoms with Crippen molar-refractivity contribution < 1.29 is 13.3 Å². The molecule has 0 aromatic heterocycles. The summed E-state index contributed by atoms with van der Waals surface area (Å²) in [6, 6.07) is 9.25. The molecule has 0 fully saturated rings. The van der Waals surface area contributed by atoms with Crippen LogP contribution in [-0.2, 0) is 19.8 Å². The minimum atomic E-state index is -2.49. The lowest BCUT2D eigenvalue weighted by Gasteiger charge is -2.28. The highest BCUT2D eigenvalue weighted by Gasteiger charge is 2.39. The van der Waals surface area contributed by atoms with Gasteiger partial charge in [-0.15, -0.1) is 0 Å². The fourth-order valence-corrected chi connectivity index (χ4v) is 5.11. The molecule has 0 aliphatic rings. The van der Waals surface area contributed by atoms with Crippen molar-refractivity contribution in [1.82, 2.24) is 5.32 Å². The van der Waals surface area contributed by atoms with Crippen molar-refractivity contribution in [3.05, 3.63) is 42.0 Å². The number of hydrogen-bond acceptors (Lipinski definition) is 4. The van der Waals surface area contributed by atoms with Crippen LogP contribution in [-0.4, -0.2) is 35.2 Å². The highest BCUT2D eigenvalue weighted by atomic mass is 28.4. The second-order valence-electron chi connectivity index (χ2n) is 5.21. The molecule has 4 nitrogen and oxygen atoms in total. The fraction of sp³-hybridized carbons (Fsp3) is 0.556. The van der Waals surface area contributed by atoms with Gasteiger partial charge in [0.1, 0.15) is 0 Å². The SMILES string of the molecule is C=Cc1cccc(CNCCC[Si](OCC)(OCC)OCC)c1. The molecule has 0 aliphatic heterocycles. The van der Waals surface area contributed by atoms with E-state index in [-0.39, 0.29) is 0 Å². The molecule has 1 aromatic carbocycles. The van der Waals surface area contributed by atoms with Gasteiger partial charge in [-0.05, 0) is 44.9 Å². The van der Waals surface area contributed by atoms with Crippen LogP contribution in [0.1, 0.15) is 38.3 Å². The van der Waals surface area contributed by atoms with Crippen molar-refractivity contribution in [2.24, 2.45) is 0 Å². The maximum Gasteiger partial charge on any atom is 0.500 e. The molecule has 0 saturated heterocycles. The maximum absolute atomic E-state index is 5.86. The third kappa shape index (κ3) is 7.41. The highest BCUT2D eigenvalue weighted by Crippen LogP contribution is 2.17. The van der Waals surface area contributed by atoms with Gasteiger partial charge >= 0.3 is 8.80 Å². The van der Waals surface area contributed by atoms with E-state index in [4.69, 9.17) is 13.3 Å². The predicted octanol–water partition coefficient (Wildman–Crippen LogP) is 3.86. The van der Waals surface area contributed by atoms with Crippen LogP contribution < -0.4 is 5.32 Å². The van der Waals surface area contributed by atoms with Crippen LogP contribution in [0.15, 0.2) is 30.8 Å². The Bertz CT molecular complexity index is 437. The molecule has 23 heavy (non-hydrogen) atoms. The molecule has 0 heterocycles. The van der Waals surface area contributed by atoms with E-state index in [1.807, 2.05) is 26.8 Å². The molecule has 0 bridgehead atoms. The minimum Gasteiger partial charge on any atom is -0.374 e. The monoisotopic (exact) mass is 337 g/mol. The molecule has 0 aliphatic carbocycles. The molecule has 0 spiro atoms. The molecule has 0 radical (unpaired) electrons. The zero-order valence-corrected chi connectivity index (χ0v) is 15.8. The van der Waals surface area contributed by atoms with Crippen LogP contribution in [0.5, 0.6) is 0 Å². The van der Waals surface area contributed by atoms with Crippen LogP contribution in [0.2, 0.25) is 6.04 Å². The molecule has 0 atom stereocenters. The first-order valence-corrected chi connectivity index (χ1v) is 10.5. The summed E-state index contributed by atoms with van der Waals surface area (Å²) in [5.41, 5.74) is 2.42. The predicted molar refractivity (Wildman–Crippen MR) is 98.3 cm³/mol. The summed E-state index contributed by atoms with van der Waals surface area (Å²) >= 11 is 0. The Hall–Kier alpha value is -0.983. The largest absolute Gasteiger partial charge is 0.500 e. The van der Waals surface area contributed by atoms with E-state index >= 15 is 0 Å². The van der Waals surface area contributed by atoms with E-state index < -0.39 is 8.80 Å². The van der Waals surface area contributed by atoms with Gasteiger partial charge < -0.3 is 18.6 Å². The van der Waals surface area contributed by atoms with Crippen molar-refractivity contribution in [3.8, 4) is 0 Å². The molecule has 0 amide bonds. The molecular weight excluding hydrogens is 306 g/mol. The Morgan fingerprint density at radius 1 is 1.09 bits per heavy atom. The zero-order chi connectivity index (χ0) is 17.0. The molecule has 1 aromatic rings. The van der Waals surface area contributed by atoms with Crippen molar-refractivity contribution in [3.63, 3.8) is 0 Å². The summed E-state index contributed by atoms with van der Waals surface area (Å²) in [6.07, 6.45) is 2.85. The Kier molecular flexibility index (Phi) is 10.1. The van der Waals surface area contributed by atoms with Crippen LogP contribution in [0.3, 0.4) is 0 Å². The second kappa shape index (κ2) is 11.5. The maximum atomic E-state index is 5.86. The van der Waals surface area contributed by atoms with E-state index in [9.17, 15) is 0 Å². The Labute approximate surface area is 142 Å². The van der Waals surface area contributed by atoms with Gasteiger partial charge in [-0.3, -0.25) is 0 Å². The molecule has 0 unspecified atom stereocenters. The van der Waals surface area contributed by atoms with Gasteiger partial charge in [0.25, 0.3) is 0 Å². The van der Waals surface area contributed by atoms with Crippen molar-refractivity contribution in [1.29, 1.82) is 0 Å². The van der Waals surface area contributed by atoms with Gasteiger partial charge in [0.2, 0.25) is 0 Å². The van der Waals surface area contributed by atoms with Gasteiger partial charge in [-0.25, -0.2) is 0 Å². The summed E-state index contributed by atoms with van der Waals surface area (Å²) in [5.74, 6) is 0. The van der Waals surface area contributed by atoms with E-state index in [2.05, 4.69) is 36.2 Å². The van der Waals surface area contributed by atoms with Gasteiger partial charge in [0, 0.05) is 32.4 Å². The van der Waals surface area contributed by atoms with Crippen molar-refractivity contribution in [2.75, 3.05) is 26.4 Å². The summed E-state index contributed by atoms with van der Waals surface area (Å²) < 4.78 is 17.6. The third-order valence-electron chi connectivity index (χ3n) is 3.45. The molecule has 0 saturated carbocycles. The smallest absolute Gasteiger partial charge is 0.374 e. The van der Waals surface area contributed by atoms with Crippen LogP contribution in [0, 0.1) is 0 Å². The average Bonchev–Trinajstić information content (AvgIpc) is 2.55. The summed E-state index contributed by atoms with van der Waals surface area (Å²) in [6.45, 7) is 13.4. The third-order valence-corrected chi connectivity index (χ3v) is 6.60. The minimum absolute atomic E-state index is 0.633. The van der Waals surface area contributed by atoms with E-state index in [1.165, 1.54) is 5.56 Å². The lowest BCUT2D eigenvalue weighted by Crippen LogP contribution is -2.46. The topological polar surface area (TPSA) is 39.7 Å². The van der Waals surface area contributed by atoms with Crippen molar-refractivity contribution >= 4 is 14.9 Å². The lowest BCUT2D eigenvalue weighted by atomic mass is 10.1. The first kappa shape index (κ1) is 20.1. The first-order valence-electron chi connectivity index (χ1n) is 8.53. The number of nitrogens with one attached hydrogen (secondary N) is 1. The van der Waals surface area contributed by atoms with Crippen LogP contribution >= 0.6 is 0 Å². The molecule has 1 N–H and O–H groups in total. The summed E-state index contributed by atoms with van der Waals surface area (Å²) in [4.78, 5) is 0. The van der Waals surface area contributed by atoms with Gasteiger partial charge in [0.05, 0.1) is 0 Å². The zero-order valence-electron chi connectivity index (χ0n) is 14.8. The Balaban J connectivity index is 2.39. The first-order chi connectivity index (χ1) is 11.2. The van der Waals surface area contributed by atoms with Gasteiger partial charge in [-0.1, -0.05) is 36.9 Å². The summed E-state index contributed by atoms with van der Waals surface area (Å²) in [7, 11) is -2.49. The van der Waals surface area contributed by atoms with Gasteiger partial charge in [0.15, 0.2) is 0 Å². The number of hydrogen-bond donors (Lipinski definition) is 1. The molecule has 130 valence electrons. The summed E-state index contributed by atoms with van der Waals surface area (Å²) in [5, 5.41) is 3.47. The average molecular weight is 338 g/mol. The van der Waals surface area contributed by atoms with Crippen LogP contribution in [0.25, 0.3) is 6.08 Å². The second-order valence-corrected chi connectivity index (χ2v) is 7.94. The van der Waals surface area contributed by atoms with E-state index in [0.29, 0.717) is 19.8 Å². The standard InChI is InChI=1S/C18H31NO3Si/c1-5-17-11-9-12-18(15-17)16-19-13-10-14-23(20-6-2,21-7-3)22-8-4/h5,9,11-12,15,19H,1,6-8,10,13-14,16H2,2-4H3. The normalized spacial score (nSPS) is 11.6. The fourth-order valence-electron chi connectivity index (χ4n) is 2.49. The highest BCUT2D eigenvalue weighted by molar-refractivity contribution is 6.60. The van der Waals surface area contributed by atoms with Crippen molar-refractivity contribution in [2.45, 2.75) is 39.8 Å². The van der Waals surface area contributed by atoms with E-state index in [1.54, 1.807) is 0 Å². The molecular formula is C18H31NO3Si. The number of rotatable bonds is 13. The van der Waals surface area contributed by atoms with Crippen LogP contribution in [0.4, 0.5) is 0 Å². The Morgan fingerprint density at radius 2 is 1.74 bits per heavy atom. The quantitative estimate of drug-likeness (QED) is 0.438. The van der Waals surface area contributed by atoms with Gasteiger partial charge in [-0.2, -0.15) is 0 Å². The van der Waals surface area contributed by atoms with E-state index in [0.717, 1.165) is 31.1 Å². The molecule has 1 rings (SSSR count).